The number of carbonyl (C=O) groups excluding carboxylic acids is 2. The summed E-state index contributed by atoms with van der Waals surface area (Å²) in [5, 5.41) is 4.36. The summed E-state index contributed by atoms with van der Waals surface area (Å²) >= 11 is 5.87. The Morgan fingerprint density at radius 3 is 2.42 bits per heavy atom. The second kappa shape index (κ2) is 9.01. The minimum absolute atomic E-state index is 0.0839. The van der Waals surface area contributed by atoms with Crippen molar-refractivity contribution in [3.63, 3.8) is 0 Å². The molecule has 33 heavy (non-hydrogen) atoms. The lowest BCUT2D eigenvalue weighted by Gasteiger charge is -2.30. The number of hydrogen-bond donors (Lipinski definition) is 0. The molecule has 11 heteroatoms. The van der Waals surface area contributed by atoms with Crippen molar-refractivity contribution in [2.24, 2.45) is 5.92 Å². The molecular weight excluding hydrogens is 461 g/mol. The van der Waals surface area contributed by atoms with Crippen molar-refractivity contribution >= 4 is 29.1 Å². The first-order valence-corrected chi connectivity index (χ1v) is 10.7. The normalized spacial score (nSPS) is 15.1. The van der Waals surface area contributed by atoms with Crippen molar-refractivity contribution < 1.29 is 27.5 Å². The SMILES string of the molecule is CCOC(=O)C1CCN(C(=O)c2cc3nc(-c4ccc(Cl)cc4)cc(C(F)(F)F)n3n2)CC1. The van der Waals surface area contributed by atoms with Gasteiger partial charge in [0, 0.05) is 29.7 Å². The molecule has 3 aromatic rings. The lowest BCUT2D eigenvalue weighted by molar-refractivity contribution is -0.149. The zero-order valence-electron chi connectivity index (χ0n) is 17.6. The Morgan fingerprint density at radius 1 is 1.15 bits per heavy atom. The van der Waals surface area contributed by atoms with Crippen molar-refractivity contribution in [3.8, 4) is 11.3 Å². The van der Waals surface area contributed by atoms with Gasteiger partial charge in [-0.3, -0.25) is 9.59 Å². The van der Waals surface area contributed by atoms with Crippen LogP contribution >= 0.6 is 11.6 Å². The van der Waals surface area contributed by atoms with E-state index in [1.165, 1.54) is 11.0 Å². The molecule has 1 saturated heterocycles. The number of carbonyl (C=O) groups is 2. The van der Waals surface area contributed by atoms with Gasteiger partial charge in [0.05, 0.1) is 18.2 Å². The topological polar surface area (TPSA) is 76.8 Å². The molecule has 0 spiro atoms. The number of amides is 1. The first kappa shape index (κ1) is 23.0. The second-order valence-corrected chi connectivity index (χ2v) is 8.09. The lowest BCUT2D eigenvalue weighted by Crippen LogP contribution is -2.40. The molecule has 1 aliphatic rings. The molecule has 0 radical (unpaired) electrons. The predicted octanol–water partition coefficient (Wildman–Crippen LogP) is 4.48. The summed E-state index contributed by atoms with van der Waals surface area (Å²) in [6.07, 6.45) is -3.87. The number of esters is 1. The number of piperidine rings is 1. The van der Waals surface area contributed by atoms with Gasteiger partial charge in [0.2, 0.25) is 0 Å². The van der Waals surface area contributed by atoms with Crippen LogP contribution < -0.4 is 0 Å². The number of rotatable bonds is 4. The zero-order valence-corrected chi connectivity index (χ0v) is 18.4. The monoisotopic (exact) mass is 480 g/mol. The van der Waals surface area contributed by atoms with E-state index in [0.717, 1.165) is 6.07 Å². The molecular formula is C22H20ClF3N4O3. The lowest BCUT2D eigenvalue weighted by atomic mass is 9.97. The van der Waals surface area contributed by atoms with Crippen molar-refractivity contribution in [2.75, 3.05) is 19.7 Å². The van der Waals surface area contributed by atoms with Crippen LogP contribution in [0.15, 0.2) is 36.4 Å². The minimum Gasteiger partial charge on any atom is -0.466 e. The molecule has 3 heterocycles. The van der Waals surface area contributed by atoms with E-state index in [2.05, 4.69) is 10.1 Å². The quantitative estimate of drug-likeness (QED) is 0.514. The summed E-state index contributed by atoms with van der Waals surface area (Å²) < 4.78 is 47.0. The molecule has 1 amide bonds. The van der Waals surface area contributed by atoms with Crippen LogP contribution in [0.3, 0.4) is 0 Å². The van der Waals surface area contributed by atoms with Crippen molar-refractivity contribution in [1.82, 2.24) is 19.5 Å². The summed E-state index contributed by atoms with van der Waals surface area (Å²) in [4.78, 5) is 30.6. The van der Waals surface area contributed by atoms with Crippen LogP contribution in [0.1, 0.15) is 35.9 Å². The van der Waals surface area contributed by atoms with Gasteiger partial charge in [0.25, 0.3) is 5.91 Å². The van der Waals surface area contributed by atoms with E-state index in [-0.39, 0.29) is 48.6 Å². The van der Waals surface area contributed by atoms with Crippen LogP contribution in [-0.2, 0) is 15.7 Å². The second-order valence-electron chi connectivity index (χ2n) is 7.65. The number of halogens is 4. The maximum absolute atomic E-state index is 13.8. The van der Waals surface area contributed by atoms with Gasteiger partial charge in [-0.25, -0.2) is 9.50 Å². The summed E-state index contributed by atoms with van der Waals surface area (Å²) in [5.41, 5.74) is -0.754. The molecule has 0 saturated carbocycles. The van der Waals surface area contributed by atoms with E-state index in [0.29, 0.717) is 27.9 Å². The minimum atomic E-state index is -4.72. The van der Waals surface area contributed by atoms with E-state index >= 15 is 0 Å². The molecule has 0 aliphatic carbocycles. The van der Waals surface area contributed by atoms with Crippen molar-refractivity contribution in [3.05, 3.63) is 52.8 Å². The van der Waals surface area contributed by atoms with Crippen molar-refractivity contribution in [1.29, 1.82) is 0 Å². The Morgan fingerprint density at radius 2 is 1.82 bits per heavy atom. The molecule has 4 rings (SSSR count). The van der Waals surface area contributed by atoms with Crippen LogP contribution in [0.4, 0.5) is 13.2 Å². The van der Waals surface area contributed by atoms with Gasteiger partial charge < -0.3 is 9.64 Å². The van der Waals surface area contributed by atoms with E-state index in [1.807, 2.05) is 0 Å². The molecule has 1 aliphatic heterocycles. The zero-order chi connectivity index (χ0) is 23.8. The molecule has 174 valence electrons. The Bertz CT molecular complexity index is 1190. The highest BCUT2D eigenvalue weighted by Gasteiger charge is 2.36. The standard InChI is InChI=1S/C22H20ClF3N4O3/c1-2-33-21(32)14-7-9-29(10-8-14)20(31)17-12-19-27-16(13-3-5-15(23)6-4-13)11-18(22(24,25)26)30(19)28-17/h3-6,11-12,14H,2,7-10H2,1H3. The fourth-order valence-corrected chi connectivity index (χ4v) is 3.92. The molecule has 0 bridgehead atoms. The highest BCUT2D eigenvalue weighted by Crippen LogP contribution is 2.33. The van der Waals surface area contributed by atoms with Gasteiger partial charge in [-0.1, -0.05) is 23.7 Å². The third-order valence-corrected chi connectivity index (χ3v) is 5.73. The third kappa shape index (κ3) is 4.80. The van der Waals surface area contributed by atoms with E-state index in [4.69, 9.17) is 16.3 Å². The van der Waals surface area contributed by atoms with Crippen LogP contribution in [0.5, 0.6) is 0 Å². The smallest absolute Gasteiger partial charge is 0.433 e. The number of aromatic nitrogens is 3. The van der Waals surface area contributed by atoms with Gasteiger partial charge in [-0.15, -0.1) is 0 Å². The summed E-state index contributed by atoms with van der Waals surface area (Å²) in [6, 6.07) is 8.38. The molecule has 0 N–H and O–H groups in total. The number of alkyl halides is 3. The number of ether oxygens (including phenoxy) is 1. The fraction of sp³-hybridized carbons (Fsp3) is 0.364. The number of hydrogen-bond acceptors (Lipinski definition) is 5. The Balaban J connectivity index is 1.64. The maximum Gasteiger partial charge on any atom is 0.433 e. The van der Waals surface area contributed by atoms with Gasteiger partial charge in [-0.2, -0.15) is 18.3 Å². The van der Waals surface area contributed by atoms with E-state index < -0.39 is 17.8 Å². The van der Waals surface area contributed by atoms with Crippen molar-refractivity contribution in [2.45, 2.75) is 25.9 Å². The fourth-order valence-electron chi connectivity index (χ4n) is 3.79. The molecule has 7 nitrogen and oxygen atoms in total. The predicted molar refractivity (Wildman–Crippen MR) is 114 cm³/mol. The van der Waals surface area contributed by atoms with E-state index in [9.17, 15) is 22.8 Å². The number of fused-ring (bicyclic) bond motifs is 1. The van der Waals surface area contributed by atoms with Crippen LogP contribution in [-0.4, -0.2) is 51.1 Å². The van der Waals surface area contributed by atoms with E-state index in [1.54, 1.807) is 31.2 Å². The molecule has 0 atom stereocenters. The molecule has 1 fully saturated rings. The van der Waals surface area contributed by atoms with Crippen LogP contribution in [0, 0.1) is 5.92 Å². The highest BCUT2D eigenvalue weighted by atomic mass is 35.5. The van der Waals surface area contributed by atoms with Crippen LogP contribution in [0.25, 0.3) is 16.9 Å². The number of nitrogens with zero attached hydrogens (tertiary/aromatic N) is 4. The first-order chi connectivity index (χ1) is 15.7. The largest absolute Gasteiger partial charge is 0.466 e. The van der Waals surface area contributed by atoms with Gasteiger partial charge in [0.1, 0.15) is 0 Å². The first-order valence-electron chi connectivity index (χ1n) is 10.4. The van der Waals surface area contributed by atoms with Gasteiger partial charge >= 0.3 is 12.1 Å². The van der Waals surface area contributed by atoms with Gasteiger partial charge in [-0.05, 0) is 38.0 Å². The highest BCUT2D eigenvalue weighted by molar-refractivity contribution is 6.30. The average Bonchev–Trinajstić information content (AvgIpc) is 3.22. The maximum atomic E-state index is 13.8. The summed E-state index contributed by atoms with van der Waals surface area (Å²) in [5.74, 6) is -1.11. The Kier molecular flexibility index (Phi) is 6.29. The average molecular weight is 481 g/mol. The summed E-state index contributed by atoms with van der Waals surface area (Å²) in [7, 11) is 0. The number of benzene rings is 1. The van der Waals surface area contributed by atoms with Gasteiger partial charge in [0.15, 0.2) is 17.0 Å². The molecule has 1 aromatic carbocycles. The Labute approximate surface area is 192 Å². The Hall–Kier alpha value is -3.14. The number of likely N-dealkylation sites (tertiary alicyclic amines) is 1. The molecule has 2 aromatic heterocycles. The van der Waals surface area contributed by atoms with Crippen LogP contribution in [0.2, 0.25) is 5.02 Å². The molecule has 0 unspecified atom stereocenters. The third-order valence-electron chi connectivity index (χ3n) is 5.48. The summed E-state index contributed by atoms with van der Waals surface area (Å²) in [6.45, 7) is 2.57.